The van der Waals surface area contributed by atoms with E-state index in [1.807, 2.05) is 41.8 Å². The van der Waals surface area contributed by atoms with Gasteiger partial charge in [-0.1, -0.05) is 38.2 Å². The van der Waals surface area contributed by atoms with Crippen LogP contribution in [0, 0.1) is 0 Å². The number of nitrogens with zero attached hydrogens (tertiary/aromatic N) is 2. The number of carbonyl (C=O) groups is 2. The van der Waals surface area contributed by atoms with E-state index < -0.39 is 5.54 Å². The molecule has 1 aliphatic heterocycles. The van der Waals surface area contributed by atoms with Crippen LogP contribution >= 0.6 is 0 Å². The van der Waals surface area contributed by atoms with Crippen LogP contribution in [0.25, 0.3) is 11.1 Å². The molecule has 174 valence electrons. The predicted molar refractivity (Wildman–Crippen MR) is 127 cm³/mol. The first-order valence-electron chi connectivity index (χ1n) is 11.9. The summed E-state index contributed by atoms with van der Waals surface area (Å²) in [7, 11) is 1.59. The van der Waals surface area contributed by atoms with Gasteiger partial charge in [-0.2, -0.15) is 0 Å². The molecule has 1 N–H and O–H groups in total. The Labute approximate surface area is 193 Å². The Balaban J connectivity index is 1.55. The third kappa shape index (κ3) is 3.79. The summed E-state index contributed by atoms with van der Waals surface area (Å²) >= 11 is 0. The van der Waals surface area contributed by atoms with E-state index in [0.29, 0.717) is 29.3 Å². The first kappa shape index (κ1) is 21.6. The van der Waals surface area contributed by atoms with E-state index in [2.05, 4.69) is 5.32 Å². The topological polar surface area (TPSA) is 76.7 Å². The van der Waals surface area contributed by atoms with E-state index in [4.69, 9.17) is 9.15 Å². The molecule has 7 heteroatoms. The van der Waals surface area contributed by atoms with Gasteiger partial charge in [-0.25, -0.2) is 0 Å². The van der Waals surface area contributed by atoms with Crippen molar-refractivity contribution in [3.63, 3.8) is 0 Å². The quantitative estimate of drug-likeness (QED) is 0.615. The largest absolute Gasteiger partial charge is 0.497 e. The monoisotopic (exact) mass is 449 g/mol. The number of benzene rings is 1. The standard InChI is InChI=1S/C26H31N3O4/c1-26(25(31)27-18-9-6-4-3-5-7-10-18)17-28-21-13-14-33-23(21)16-22(28)24(30)29(26)19-11-8-12-20(15-19)32-2/h8,11-16,18H,3-7,9-10,17H2,1-2H3,(H,27,31)/t26-/m0/s1. The molecular formula is C26H31N3O4. The fourth-order valence-corrected chi connectivity index (χ4v) is 5.31. The van der Waals surface area contributed by atoms with E-state index in [0.717, 1.165) is 31.2 Å². The van der Waals surface area contributed by atoms with Gasteiger partial charge in [-0.3, -0.25) is 14.5 Å². The van der Waals surface area contributed by atoms with Gasteiger partial charge in [-0.15, -0.1) is 0 Å². The number of hydrogen-bond donors (Lipinski definition) is 1. The van der Waals surface area contributed by atoms with E-state index >= 15 is 0 Å². The van der Waals surface area contributed by atoms with E-state index in [-0.39, 0.29) is 17.9 Å². The third-order valence-electron chi connectivity index (χ3n) is 7.15. The molecule has 1 aromatic carbocycles. The molecule has 1 aliphatic carbocycles. The summed E-state index contributed by atoms with van der Waals surface area (Å²) in [5.41, 5.74) is 1.52. The highest BCUT2D eigenvalue weighted by Gasteiger charge is 2.49. The molecule has 2 amide bonds. The molecule has 1 fully saturated rings. The van der Waals surface area contributed by atoms with E-state index in [1.165, 1.54) is 19.3 Å². The number of nitrogens with one attached hydrogen (secondary N) is 1. The van der Waals surface area contributed by atoms with Crippen LogP contribution in [0.3, 0.4) is 0 Å². The molecule has 7 nitrogen and oxygen atoms in total. The number of anilines is 1. The van der Waals surface area contributed by atoms with Gasteiger partial charge < -0.3 is 19.0 Å². The van der Waals surface area contributed by atoms with Gasteiger partial charge in [0, 0.05) is 29.9 Å². The second-order valence-electron chi connectivity index (χ2n) is 9.42. The average molecular weight is 450 g/mol. The number of aromatic nitrogens is 1. The first-order chi connectivity index (χ1) is 16.0. The maximum absolute atomic E-state index is 13.9. The summed E-state index contributed by atoms with van der Waals surface area (Å²) in [6.07, 6.45) is 9.52. The lowest BCUT2D eigenvalue weighted by molar-refractivity contribution is -0.127. The SMILES string of the molecule is COc1cccc(N2C(=O)c3cc4occc4n3C[C@@]2(C)C(=O)NC2CCCCCCC2)c1. The van der Waals surface area contributed by atoms with Crippen molar-refractivity contribution in [2.45, 2.75) is 70.0 Å². The number of furan rings is 1. The van der Waals surface area contributed by atoms with Crippen LogP contribution in [0.5, 0.6) is 5.75 Å². The molecule has 1 atom stereocenters. The summed E-state index contributed by atoms with van der Waals surface area (Å²) in [6.45, 7) is 2.20. The van der Waals surface area contributed by atoms with Gasteiger partial charge in [0.2, 0.25) is 5.91 Å². The van der Waals surface area contributed by atoms with Crippen LogP contribution in [-0.4, -0.2) is 35.1 Å². The third-order valence-corrected chi connectivity index (χ3v) is 7.15. The smallest absolute Gasteiger partial charge is 0.276 e. The Kier molecular flexibility index (Phi) is 5.64. The van der Waals surface area contributed by atoms with Gasteiger partial charge in [0.05, 0.1) is 25.4 Å². The molecule has 3 aromatic rings. The van der Waals surface area contributed by atoms with Crippen LogP contribution in [0.4, 0.5) is 5.69 Å². The molecular weight excluding hydrogens is 418 g/mol. The molecule has 33 heavy (non-hydrogen) atoms. The van der Waals surface area contributed by atoms with Crippen molar-refractivity contribution >= 4 is 28.6 Å². The Morgan fingerprint density at radius 2 is 1.88 bits per heavy atom. The minimum absolute atomic E-state index is 0.125. The number of carbonyl (C=O) groups excluding carboxylic acids is 2. The van der Waals surface area contributed by atoms with Crippen molar-refractivity contribution in [2.75, 3.05) is 12.0 Å². The fraction of sp³-hybridized carbons (Fsp3) is 0.462. The van der Waals surface area contributed by atoms with Crippen LogP contribution in [0.1, 0.15) is 62.4 Å². The lowest BCUT2D eigenvalue weighted by Gasteiger charge is -2.44. The molecule has 0 radical (unpaired) electrons. The summed E-state index contributed by atoms with van der Waals surface area (Å²) in [5, 5.41) is 3.31. The van der Waals surface area contributed by atoms with E-state index in [9.17, 15) is 9.59 Å². The lowest BCUT2D eigenvalue weighted by atomic mass is 9.91. The summed E-state index contributed by atoms with van der Waals surface area (Å²) < 4.78 is 12.9. The van der Waals surface area contributed by atoms with Gasteiger partial charge in [0.25, 0.3) is 5.91 Å². The fourth-order valence-electron chi connectivity index (χ4n) is 5.31. The first-order valence-corrected chi connectivity index (χ1v) is 11.9. The van der Waals surface area contributed by atoms with Crippen molar-refractivity contribution in [1.82, 2.24) is 9.88 Å². The second-order valence-corrected chi connectivity index (χ2v) is 9.42. The Morgan fingerprint density at radius 1 is 1.12 bits per heavy atom. The molecule has 1 saturated carbocycles. The highest BCUT2D eigenvalue weighted by molar-refractivity contribution is 6.13. The van der Waals surface area contributed by atoms with Crippen molar-refractivity contribution in [3.05, 3.63) is 48.4 Å². The van der Waals surface area contributed by atoms with Crippen LogP contribution in [0.2, 0.25) is 0 Å². The molecule has 0 bridgehead atoms. The zero-order valence-corrected chi connectivity index (χ0v) is 19.3. The number of amides is 2. The predicted octanol–water partition coefficient (Wildman–Crippen LogP) is 4.89. The highest BCUT2D eigenvalue weighted by Crippen LogP contribution is 2.37. The van der Waals surface area contributed by atoms with Crippen LogP contribution in [-0.2, 0) is 11.3 Å². The number of rotatable bonds is 4. The maximum Gasteiger partial charge on any atom is 0.276 e. The minimum atomic E-state index is -1.11. The number of hydrogen-bond acceptors (Lipinski definition) is 4. The van der Waals surface area contributed by atoms with Gasteiger partial charge in [-0.05, 0) is 31.9 Å². The second kappa shape index (κ2) is 8.61. The summed E-state index contributed by atoms with van der Waals surface area (Å²) in [5.74, 6) is 0.286. The van der Waals surface area contributed by atoms with Gasteiger partial charge in [0.1, 0.15) is 17.0 Å². The zero-order chi connectivity index (χ0) is 23.0. The molecule has 2 aliphatic rings. The minimum Gasteiger partial charge on any atom is -0.497 e. The van der Waals surface area contributed by atoms with E-state index in [1.54, 1.807) is 24.3 Å². The number of ether oxygens (including phenoxy) is 1. The lowest BCUT2D eigenvalue weighted by Crippen LogP contribution is -2.65. The molecule has 2 aromatic heterocycles. The maximum atomic E-state index is 13.9. The normalized spacial score (nSPS) is 22.0. The van der Waals surface area contributed by atoms with Crippen molar-refractivity contribution in [3.8, 4) is 5.75 Å². The van der Waals surface area contributed by atoms with Gasteiger partial charge in [0.15, 0.2) is 5.58 Å². The van der Waals surface area contributed by atoms with Crippen LogP contribution in [0.15, 0.2) is 47.1 Å². The molecule has 0 unspecified atom stereocenters. The van der Waals surface area contributed by atoms with Gasteiger partial charge >= 0.3 is 0 Å². The van der Waals surface area contributed by atoms with Crippen molar-refractivity contribution in [2.24, 2.45) is 0 Å². The van der Waals surface area contributed by atoms with Crippen LogP contribution < -0.4 is 15.0 Å². The number of methoxy groups -OCH3 is 1. The molecule has 3 heterocycles. The Bertz CT molecular complexity index is 1170. The van der Waals surface area contributed by atoms with Crippen molar-refractivity contribution in [1.29, 1.82) is 0 Å². The number of fused-ring (bicyclic) bond motifs is 3. The Morgan fingerprint density at radius 3 is 2.64 bits per heavy atom. The zero-order valence-electron chi connectivity index (χ0n) is 19.3. The molecule has 0 saturated heterocycles. The molecule has 0 spiro atoms. The average Bonchev–Trinajstić information content (AvgIpc) is 3.38. The Hall–Kier alpha value is -3.22. The molecule has 5 rings (SSSR count). The summed E-state index contributed by atoms with van der Waals surface area (Å²) in [6, 6.07) is 11.1. The highest BCUT2D eigenvalue weighted by atomic mass is 16.5. The summed E-state index contributed by atoms with van der Waals surface area (Å²) in [4.78, 5) is 29.4. The van der Waals surface area contributed by atoms with Crippen molar-refractivity contribution < 1.29 is 18.7 Å².